The van der Waals surface area contributed by atoms with Crippen LogP contribution in [0.1, 0.15) is 34.2 Å². The van der Waals surface area contributed by atoms with Gasteiger partial charge in [-0.1, -0.05) is 54.1 Å². The second kappa shape index (κ2) is 15.8. The molecule has 1 saturated heterocycles. The molecule has 11 heteroatoms. The molecule has 44 heavy (non-hydrogen) atoms. The van der Waals surface area contributed by atoms with Crippen LogP contribution < -0.4 is 16.0 Å². The number of pyridine rings is 1. The number of carboxylic acid groups (broad SMARTS) is 1. The molecule has 2 heterocycles. The molecule has 234 valence electrons. The van der Waals surface area contributed by atoms with E-state index in [4.69, 9.17) is 9.47 Å². The molecule has 2 amide bonds. The third-order valence-electron chi connectivity index (χ3n) is 7.62. The molecule has 0 saturated carbocycles. The Morgan fingerprint density at radius 3 is 2.45 bits per heavy atom. The van der Waals surface area contributed by atoms with Gasteiger partial charge in [-0.05, 0) is 61.6 Å². The highest BCUT2D eigenvalue weighted by Gasteiger charge is 2.37. The van der Waals surface area contributed by atoms with Crippen LogP contribution in [0.2, 0.25) is 0 Å². The lowest BCUT2D eigenvalue weighted by Crippen LogP contribution is -2.46. The second-order valence-corrected chi connectivity index (χ2v) is 11.1. The number of hydrogen-bond acceptors (Lipinski definition) is 8. The first-order valence-electron chi connectivity index (χ1n) is 14.7. The van der Waals surface area contributed by atoms with Gasteiger partial charge in [0.2, 0.25) is 5.91 Å². The van der Waals surface area contributed by atoms with Gasteiger partial charge in [-0.3, -0.25) is 14.9 Å². The summed E-state index contributed by atoms with van der Waals surface area (Å²) in [4.78, 5) is 43.4. The second-order valence-electron chi connectivity index (χ2n) is 11.1. The van der Waals surface area contributed by atoms with Crippen molar-refractivity contribution in [1.82, 2.24) is 20.5 Å². The van der Waals surface area contributed by atoms with Gasteiger partial charge in [-0.25, -0.2) is 9.78 Å². The molecule has 2 aromatic carbocycles. The molecule has 0 aliphatic carbocycles. The fourth-order valence-electron chi connectivity index (χ4n) is 5.32. The predicted molar refractivity (Wildman–Crippen MR) is 166 cm³/mol. The largest absolute Gasteiger partial charge is 0.480 e. The van der Waals surface area contributed by atoms with Crippen molar-refractivity contribution in [2.75, 3.05) is 31.6 Å². The Kier molecular flexibility index (Phi) is 11.7. The van der Waals surface area contributed by atoms with E-state index in [1.165, 1.54) is 0 Å². The average molecular weight is 604 g/mol. The highest BCUT2D eigenvalue weighted by molar-refractivity contribution is 5.79. The number of ether oxygens (including phenoxy) is 2. The van der Waals surface area contributed by atoms with Gasteiger partial charge >= 0.3 is 12.1 Å². The molecule has 4 N–H and O–H groups in total. The summed E-state index contributed by atoms with van der Waals surface area (Å²) in [6.07, 6.45) is 1.30. The number of carbonyl (C=O) groups is 3. The van der Waals surface area contributed by atoms with E-state index in [2.05, 4.69) is 33.1 Å². The lowest BCUT2D eigenvalue weighted by atomic mass is 9.99. The number of rotatable bonds is 14. The zero-order valence-electron chi connectivity index (χ0n) is 25.4. The molecule has 11 nitrogen and oxygen atoms in total. The van der Waals surface area contributed by atoms with Crippen LogP contribution in [0.4, 0.5) is 10.6 Å². The summed E-state index contributed by atoms with van der Waals surface area (Å²) in [6, 6.07) is 17.9. The van der Waals surface area contributed by atoms with Crippen molar-refractivity contribution in [1.29, 1.82) is 0 Å². The molecule has 1 fully saturated rings. The molecule has 0 radical (unpaired) electrons. The number of carboxylic acids is 1. The topological polar surface area (TPSA) is 142 Å². The maximum Gasteiger partial charge on any atom is 0.410 e. The van der Waals surface area contributed by atoms with Crippen LogP contribution in [0.3, 0.4) is 0 Å². The van der Waals surface area contributed by atoms with Crippen molar-refractivity contribution in [3.05, 3.63) is 94.7 Å². The fraction of sp³-hybridized carbons (Fsp3) is 0.394. The Balaban J connectivity index is 1.28. The van der Waals surface area contributed by atoms with Crippen molar-refractivity contribution < 1.29 is 29.0 Å². The van der Waals surface area contributed by atoms with Gasteiger partial charge in [0.1, 0.15) is 25.1 Å². The third-order valence-corrected chi connectivity index (χ3v) is 7.62. The number of aromatic nitrogens is 1. The number of likely N-dealkylation sites (tertiary alicyclic amines) is 1. The van der Waals surface area contributed by atoms with Gasteiger partial charge in [0.25, 0.3) is 0 Å². The van der Waals surface area contributed by atoms with Gasteiger partial charge in [-0.2, -0.15) is 0 Å². The first-order chi connectivity index (χ1) is 21.2. The Morgan fingerprint density at radius 2 is 1.77 bits per heavy atom. The number of aliphatic carboxylic acids is 1. The number of benzene rings is 2. The predicted octanol–water partition coefficient (Wildman–Crippen LogP) is 3.57. The molecule has 4 rings (SSSR count). The first kappa shape index (κ1) is 32.4. The number of anilines is 1. The van der Waals surface area contributed by atoms with E-state index in [1.807, 2.05) is 69.3 Å². The summed E-state index contributed by atoms with van der Waals surface area (Å²) in [5.74, 6) is -0.811. The van der Waals surface area contributed by atoms with Gasteiger partial charge < -0.3 is 30.1 Å². The molecule has 0 unspecified atom stereocenters. The molecule has 3 atom stereocenters. The Hall–Kier alpha value is -4.48. The smallest absolute Gasteiger partial charge is 0.410 e. The van der Waals surface area contributed by atoms with Crippen molar-refractivity contribution in [2.24, 2.45) is 0 Å². The van der Waals surface area contributed by atoms with Crippen LogP contribution in [0, 0.1) is 20.8 Å². The van der Waals surface area contributed by atoms with Gasteiger partial charge in [0, 0.05) is 25.8 Å². The van der Waals surface area contributed by atoms with Crippen LogP contribution in [-0.2, 0) is 32.2 Å². The first-order valence-corrected chi connectivity index (χ1v) is 14.7. The van der Waals surface area contributed by atoms with Crippen molar-refractivity contribution >= 4 is 23.8 Å². The van der Waals surface area contributed by atoms with E-state index >= 15 is 0 Å². The molecule has 1 aliphatic heterocycles. The lowest BCUT2D eigenvalue weighted by Gasteiger charge is -2.24. The highest BCUT2D eigenvalue weighted by Crippen LogP contribution is 2.23. The summed E-state index contributed by atoms with van der Waals surface area (Å²) in [5.41, 5.74) is 5.23. The maximum atomic E-state index is 13.1. The number of hydrogen-bond donors (Lipinski definition) is 4. The summed E-state index contributed by atoms with van der Waals surface area (Å²) < 4.78 is 11.5. The minimum Gasteiger partial charge on any atom is -0.480 e. The van der Waals surface area contributed by atoms with Crippen molar-refractivity contribution in [3.63, 3.8) is 0 Å². The standard InChI is InChI=1S/C33H41N5O6/c1-22-13-23(2)28(24(3)14-22)17-35-29(32(40)41)18-37-31(39)21-43-27-15-26(16-36-30-11-7-8-12-34-30)38(19-27)33(42)44-20-25-9-5-4-6-10-25/h4-14,26-27,29,35H,15-21H2,1-3H3,(H,34,36)(H,37,39)(H,40,41)/t26-,27+,29-/m0/s1. The number of aryl methyl sites for hydroxylation is 3. The minimum atomic E-state index is -1.06. The molecular weight excluding hydrogens is 562 g/mol. The average Bonchev–Trinajstić information content (AvgIpc) is 3.42. The third kappa shape index (κ3) is 9.51. The molecular formula is C33H41N5O6. The summed E-state index contributed by atoms with van der Waals surface area (Å²) in [7, 11) is 0. The maximum absolute atomic E-state index is 13.1. The van der Waals surface area contributed by atoms with Crippen LogP contribution in [0.5, 0.6) is 0 Å². The van der Waals surface area contributed by atoms with E-state index in [0.29, 0.717) is 25.3 Å². The van der Waals surface area contributed by atoms with Crippen LogP contribution in [-0.4, -0.2) is 77.4 Å². The van der Waals surface area contributed by atoms with Crippen LogP contribution >= 0.6 is 0 Å². The number of amides is 2. The summed E-state index contributed by atoms with van der Waals surface area (Å²) >= 11 is 0. The van der Waals surface area contributed by atoms with Crippen molar-refractivity contribution in [2.45, 2.75) is 58.5 Å². The summed E-state index contributed by atoms with van der Waals surface area (Å²) in [5, 5.41) is 18.7. The number of nitrogens with zero attached hydrogens (tertiary/aromatic N) is 2. The Labute approximate surface area is 258 Å². The molecule has 3 aromatic rings. The van der Waals surface area contributed by atoms with E-state index in [0.717, 1.165) is 27.8 Å². The van der Waals surface area contributed by atoms with Gasteiger partial charge in [0.05, 0.1) is 18.7 Å². The SMILES string of the molecule is Cc1cc(C)c(CN[C@@H](CNC(=O)CO[C@@H]2C[C@@H](CNc3ccccn3)N(C(=O)OCc3ccccc3)C2)C(=O)O)c(C)c1. The fourth-order valence-corrected chi connectivity index (χ4v) is 5.32. The van der Waals surface area contributed by atoms with E-state index in [-0.39, 0.29) is 32.3 Å². The molecule has 0 spiro atoms. The zero-order valence-corrected chi connectivity index (χ0v) is 25.4. The van der Waals surface area contributed by atoms with E-state index in [9.17, 15) is 19.5 Å². The number of nitrogens with one attached hydrogen (secondary N) is 3. The van der Waals surface area contributed by atoms with Gasteiger partial charge in [-0.15, -0.1) is 0 Å². The number of carbonyl (C=O) groups excluding carboxylic acids is 2. The van der Waals surface area contributed by atoms with Crippen molar-refractivity contribution in [3.8, 4) is 0 Å². The highest BCUT2D eigenvalue weighted by atomic mass is 16.6. The van der Waals surface area contributed by atoms with E-state index in [1.54, 1.807) is 11.1 Å². The zero-order chi connectivity index (χ0) is 31.5. The quantitative estimate of drug-likeness (QED) is 0.218. The van der Waals surface area contributed by atoms with E-state index < -0.39 is 30.1 Å². The molecule has 1 aromatic heterocycles. The molecule has 1 aliphatic rings. The normalized spacial score (nSPS) is 16.8. The Bertz CT molecular complexity index is 1380. The Morgan fingerprint density at radius 1 is 1.05 bits per heavy atom. The molecule has 0 bridgehead atoms. The monoisotopic (exact) mass is 603 g/mol. The minimum absolute atomic E-state index is 0.0965. The van der Waals surface area contributed by atoms with Gasteiger partial charge in [0.15, 0.2) is 0 Å². The summed E-state index contributed by atoms with van der Waals surface area (Å²) in [6.45, 7) is 6.85. The lowest BCUT2D eigenvalue weighted by molar-refractivity contribution is -0.139. The van der Waals surface area contributed by atoms with Crippen LogP contribution in [0.15, 0.2) is 66.9 Å². The van der Waals surface area contributed by atoms with Crippen LogP contribution in [0.25, 0.3) is 0 Å².